The first-order valence-electron chi connectivity index (χ1n) is 6.54. The Balaban J connectivity index is 2.16. The molecule has 1 atom stereocenters. The quantitative estimate of drug-likeness (QED) is 0.858. The fourth-order valence-electron chi connectivity index (χ4n) is 2.51. The summed E-state index contributed by atoms with van der Waals surface area (Å²) in [5.41, 5.74) is 6.81. The van der Waals surface area contributed by atoms with Crippen molar-refractivity contribution < 1.29 is 4.74 Å². The Morgan fingerprint density at radius 1 is 1.50 bits per heavy atom. The normalized spacial score (nSPS) is 21.8. The van der Waals surface area contributed by atoms with Gasteiger partial charge in [0.25, 0.3) is 0 Å². The van der Waals surface area contributed by atoms with Crippen molar-refractivity contribution in [1.29, 1.82) is 0 Å². The molecule has 0 spiro atoms. The Kier molecular flexibility index (Phi) is 3.59. The highest BCUT2D eigenvalue weighted by molar-refractivity contribution is 5.66. The van der Waals surface area contributed by atoms with Gasteiger partial charge in [-0.1, -0.05) is 20.3 Å². The van der Waals surface area contributed by atoms with E-state index in [4.69, 9.17) is 10.5 Å². The van der Waals surface area contributed by atoms with Gasteiger partial charge in [-0.3, -0.25) is 0 Å². The Morgan fingerprint density at radius 2 is 2.28 bits per heavy atom. The van der Waals surface area contributed by atoms with Gasteiger partial charge in [-0.2, -0.15) is 4.98 Å². The van der Waals surface area contributed by atoms with Crippen molar-refractivity contribution in [3.05, 3.63) is 6.33 Å². The number of ether oxygens (including phenoxy) is 1. The van der Waals surface area contributed by atoms with Crippen LogP contribution < -0.4 is 15.8 Å². The summed E-state index contributed by atoms with van der Waals surface area (Å²) in [4.78, 5) is 8.26. The van der Waals surface area contributed by atoms with Gasteiger partial charge in [-0.25, -0.2) is 4.98 Å². The van der Waals surface area contributed by atoms with Crippen molar-refractivity contribution in [2.75, 3.05) is 17.7 Å². The van der Waals surface area contributed by atoms with Crippen LogP contribution in [0.5, 0.6) is 5.88 Å². The highest BCUT2D eigenvalue weighted by atomic mass is 16.5. The summed E-state index contributed by atoms with van der Waals surface area (Å²) in [6, 6.07) is 0.407. The largest absolute Gasteiger partial charge is 0.476 e. The first-order chi connectivity index (χ1) is 8.54. The second-order valence-corrected chi connectivity index (χ2v) is 5.45. The standard InChI is InChI=1S/C13H22N4O/c1-4-18-12-10(14)11(15-8-16-12)17-9-6-5-7-13(9,2)3/h8-9H,4-7,14H2,1-3H3,(H,15,16,17). The number of hydrogen-bond acceptors (Lipinski definition) is 5. The first-order valence-corrected chi connectivity index (χ1v) is 6.54. The molecule has 1 aromatic heterocycles. The zero-order valence-corrected chi connectivity index (χ0v) is 11.4. The number of rotatable bonds is 4. The van der Waals surface area contributed by atoms with Crippen molar-refractivity contribution in [1.82, 2.24) is 9.97 Å². The van der Waals surface area contributed by atoms with Crippen LogP contribution >= 0.6 is 0 Å². The van der Waals surface area contributed by atoms with Crippen LogP contribution in [0, 0.1) is 5.41 Å². The molecule has 1 aliphatic carbocycles. The van der Waals surface area contributed by atoms with Gasteiger partial charge < -0.3 is 15.8 Å². The molecule has 1 aromatic rings. The Hall–Kier alpha value is -1.52. The smallest absolute Gasteiger partial charge is 0.242 e. The molecule has 0 aromatic carbocycles. The molecule has 1 aliphatic rings. The lowest BCUT2D eigenvalue weighted by molar-refractivity contribution is 0.327. The van der Waals surface area contributed by atoms with E-state index >= 15 is 0 Å². The molecule has 5 heteroatoms. The van der Waals surface area contributed by atoms with Crippen LogP contribution in [0.25, 0.3) is 0 Å². The minimum atomic E-state index is 0.281. The minimum absolute atomic E-state index is 0.281. The maximum Gasteiger partial charge on any atom is 0.242 e. The summed E-state index contributed by atoms with van der Waals surface area (Å²) in [5.74, 6) is 1.15. The van der Waals surface area contributed by atoms with Crippen LogP contribution in [0.1, 0.15) is 40.0 Å². The molecule has 1 unspecified atom stereocenters. The van der Waals surface area contributed by atoms with Gasteiger partial charge in [0, 0.05) is 6.04 Å². The molecule has 1 heterocycles. The Morgan fingerprint density at radius 3 is 2.89 bits per heavy atom. The average Bonchev–Trinajstić information content (AvgIpc) is 2.64. The third-order valence-electron chi connectivity index (χ3n) is 3.70. The second kappa shape index (κ2) is 5.00. The number of aromatic nitrogens is 2. The molecule has 0 radical (unpaired) electrons. The molecule has 0 amide bonds. The van der Waals surface area contributed by atoms with E-state index in [9.17, 15) is 0 Å². The summed E-state index contributed by atoms with van der Waals surface area (Å²) in [7, 11) is 0. The molecule has 18 heavy (non-hydrogen) atoms. The maximum atomic E-state index is 6.02. The number of anilines is 2. The lowest BCUT2D eigenvalue weighted by atomic mass is 9.87. The van der Waals surface area contributed by atoms with Crippen LogP contribution in [0.3, 0.4) is 0 Å². The van der Waals surface area contributed by atoms with Gasteiger partial charge >= 0.3 is 0 Å². The SMILES string of the molecule is CCOc1ncnc(NC2CCCC2(C)C)c1N. The molecule has 2 rings (SSSR count). The fourth-order valence-corrected chi connectivity index (χ4v) is 2.51. The lowest BCUT2D eigenvalue weighted by Gasteiger charge is -2.28. The average molecular weight is 250 g/mol. The summed E-state index contributed by atoms with van der Waals surface area (Å²) in [6.45, 7) is 7.02. The zero-order valence-electron chi connectivity index (χ0n) is 11.4. The molecule has 0 bridgehead atoms. The molecule has 3 N–H and O–H groups in total. The van der Waals surface area contributed by atoms with E-state index in [1.54, 1.807) is 0 Å². The molecule has 0 aliphatic heterocycles. The van der Waals surface area contributed by atoms with Crippen LogP contribution in [0.2, 0.25) is 0 Å². The highest BCUT2D eigenvalue weighted by Gasteiger charge is 2.35. The Bertz CT molecular complexity index is 419. The fraction of sp³-hybridized carbons (Fsp3) is 0.692. The van der Waals surface area contributed by atoms with Gasteiger partial charge in [0.05, 0.1) is 6.61 Å². The predicted molar refractivity (Wildman–Crippen MR) is 72.7 cm³/mol. The van der Waals surface area contributed by atoms with Crippen molar-refractivity contribution in [2.24, 2.45) is 5.41 Å². The minimum Gasteiger partial charge on any atom is -0.476 e. The van der Waals surface area contributed by atoms with E-state index in [0.717, 1.165) is 6.42 Å². The second-order valence-electron chi connectivity index (χ2n) is 5.45. The van der Waals surface area contributed by atoms with Crippen molar-refractivity contribution >= 4 is 11.5 Å². The van der Waals surface area contributed by atoms with Crippen LogP contribution in [0.4, 0.5) is 11.5 Å². The molecule has 1 saturated carbocycles. The number of nitrogens with two attached hydrogens (primary N) is 1. The van der Waals surface area contributed by atoms with Crippen molar-refractivity contribution in [2.45, 2.75) is 46.1 Å². The van der Waals surface area contributed by atoms with E-state index in [0.29, 0.717) is 30.0 Å². The monoisotopic (exact) mass is 250 g/mol. The van der Waals surface area contributed by atoms with Gasteiger partial charge in [0.2, 0.25) is 5.88 Å². The van der Waals surface area contributed by atoms with E-state index in [1.807, 2.05) is 6.92 Å². The zero-order chi connectivity index (χ0) is 13.2. The van der Waals surface area contributed by atoms with Crippen LogP contribution in [-0.2, 0) is 0 Å². The summed E-state index contributed by atoms with van der Waals surface area (Å²) in [5, 5.41) is 3.44. The summed E-state index contributed by atoms with van der Waals surface area (Å²) in [6.07, 6.45) is 5.12. The van der Waals surface area contributed by atoms with Gasteiger partial charge in [-0.05, 0) is 25.2 Å². The number of hydrogen-bond donors (Lipinski definition) is 2. The van der Waals surface area contributed by atoms with E-state index in [-0.39, 0.29) is 5.41 Å². The molecule has 1 fully saturated rings. The highest BCUT2D eigenvalue weighted by Crippen LogP contribution is 2.39. The number of nitrogens with zero attached hydrogens (tertiary/aromatic N) is 2. The third kappa shape index (κ3) is 2.49. The van der Waals surface area contributed by atoms with Crippen molar-refractivity contribution in [3.63, 3.8) is 0 Å². The number of nitrogens with one attached hydrogen (secondary N) is 1. The topological polar surface area (TPSA) is 73.1 Å². The van der Waals surface area contributed by atoms with Gasteiger partial charge in [-0.15, -0.1) is 0 Å². The molecular formula is C13H22N4O. The van der Waals surface area contributed by atoms with Crippen LogP contribution in [-0.4, -0.2) is 22.6 Å². The predicted octanol–water partition coefficient (Wildman–Crippen LogP) is 2.45. The lowest BCUT2D eigenvalue weighted by Crippen LogP contribution is -2.31. The Labute approximate surface area is 108 Å². The van der Waals surface area contributed by atoms with E-state index < -0.39 is 0 Å². The summed E-state index contributed by atoms with van der Waals surface area (Å²) >= 11 is 0. The molecule has 0 saturated heterocycles. The van der Waals surface area contributed by atoms with E-state index in [1.165, 1.54) is 19.2 Å². The molecular weight excluding hydrogens is 228 g/mol. The molecule has 100 valence electrons. The van der Waals surface area contributed by atoms with E-state index in [2.05, 4.69) is 29.1 Å². The third-order valence-corrected chi connectivity index (χ3v) is 3.70. The van der Waals surface area contributed by atoms with Gasteiger partial charge in [0.1, 0.15) is 12.0 Å². The first kappa shape index (κ1) is 12.9. The number of nitrogen functional groups attached to an aromatic ring is 1. The van der Waals surface area contributed by atoms with Crippen molar-refractivity contribution in [3.8, 4) is 5.88 Å². The van der Waals surface area contributed by atoms with Crippen LogP contribution in [0.15, 0.2) is 6.33 Å². The van der Waals surface area contributed by atoms with Gasteiger partial charge in [0.15, 0.2) is 5.82 Å². The maximum absolute atomic E-state index is 6.02. The summed E-state index contributed by atoms with van der Waals surface area (Å²) < 4.78 is 5.38. The molecule has 5 nitrogen and oxygen atoms in total.